The van der Waals surface area contributed by atoms with Crippen molar-refractivity contribution in [1.29, 1.82) is 0 Å². The highest BCUT2D eigenvalue weighted by Gasteiger charge is 2.27. The Hall–Kier alpha value is -0.770. The zero-order valence-electron chi connectivity index (χ0n) is 9.54. The summed E-state index contributed by atoms with van der Waals surface area (Å²) in [7, 11) is 0. The van der Waals surface area contributed by atoms with E-state index < -0.39 is 11.5 Å². The smallest absolute Gasteiger partial charge is 0.217 e. The molecule has 0 radical (unpaired) electrons. The van der Waals surface area contributed by atoms with Crippen molar-refractivity contribution in [1.82, 2.24) is 0 Å². The number of primary amides is 1. The lowest BCUT2D eigenvalue weighted by Gasteiger charge is -2.27. The molecule has 94 valence electrons. The fourth-order valence-electron chi connectivity index (χ4n) is 1.64. The molecule has 0 saturated heterocycles. The zero-order chi connectivity index (χ0) is 13.1. The lowest BCUT2D eigenvalue weighted by Crippen LogP contribution is -2.27. The van der Waals surface area contributed by atoms with Crippen molar-refractivity contribution in [2.45, 2.75) is 31.8 Å². The summed E-state index contributed by atoms with van der Waals surface area (Å²) in [5.41, 5.74) is 4.64. The molecule has 1 aromatic rings. The molecule has 1 aromatic carbocycles. The van der Waals surface area contributed by atoms with Gasteiger partial charge >= 0.3 is 0 Å². The molecule has 3 nitrogen and oxygen atoms in total. The molecular weight excluding hydrogens is 261 g/mol. The van der Waals surface area contributed by atoms with Crippen LogP contribution in [-0.2, 0) is 10.4 Å². The lowest BCUT2D eigenvalue weighted by atomic mass is 9.86. The Morgan fingerprint density at radius 1 is 1.41 bits per heavy atom. The summed E-state index contributed by atoms with van der Waals surface area (Å²) in [6.45, 7) is 1.84. The summed E-state index contributed by atoms with van der Waals surface area (Å²) >= 11 is 11.7. The highest BCUT2D eigenvalue weighted by Crippen LogP contribution is 2.33. The first kappa shape index (κ1) is 14.3. The number of aliphatic hydroxyl groups is 1. The van der Waals surface area contributed by atoms with E-state index in [1.165, 1.54) is 0 Å². The van der Waals surface area contributed by atoms with Crippen LogP contribution < -0.4 is 5.73 Å². The van der Waals surface area contributed by atoms with Crippen molar-refractivity contribution >= 4 is 29.1 Å². The molecule has 3 N–H and O–H groups in total. The number of benzene rings is 1. The van der Waals surface area contributed by atoms with Gasteiger partial charge in [-0.3, -0.25) is 4.79 Å². The first-order valence-electron chi connectivity index (χ1n) is 5.35. The molecule has 0 bridgehead atoms. The fraction of sp³-hybridized carbons (Fsp3) is 0.417. The van der Waals surface area contributed by atoms with E-state index in [2.05, 4.69) is 0 Å². The van der Waals surface area contributed by atoms with E-state index in [4.69, 9.17) is 28.9 Å². The van der Waals surface area contributed by atoms with Crippen LogP contribution in [0.4, 0.5) is 0 Å². The van der Waals surface area contributed by atoms with Crippen molar-refractivity contribution in [3.63, 3.8) is 0 Å². The number of carbonyl (C=O) groups excluding carboxylic acids is 1. The maximum Gasteiger partial charge on any atom is 0.217 e. The number of rotatable bonds is 5. The van der Waals surface area contributed by atoms with Gasteiger partial charge in [-0.1, -0.05) is 36.2 Å². The summed E-state index contributed by atoms with van der Waals surface area (Å²) in [4.78, 5) is 10.8. The third kappa shape index (κ3) is 3.60. The normalized spacial score (nSPS) is 14.4. The molecule has 1 atom stereocenters. The largest absolute Gasteiger partial charge is 0.385 e. The average molecular weight is 276 g/mol. The number of amides is 1. The van der Waals surface area contributed by atoms with E-state index in [-0.39, 0.29) is 12.8 Å². The predicted octanol–water partition coefficient (Wildman–Crippen LogP) is 2.86. The van der Waals surface area contributed by atoms with Gasteiger partial charge in [0.05, 0.1) is 15.6 Å². The maximum absolute atomic E-state index is 10.8. The van der Waals surface area contributed by atoms with Crippen LogP contribution in [0.3, 0.4) is 0 Å². The molecule has 5 heteroatoms. The fourth-order valence-corrected chi connectivity index (χ4v) is 1.94. The second kappa shape index (κ2) is 5.71. The van der Waals surface area contributed by atoms with Gasteiger partial charge in [-0.05, 0) is 30.5 Å². The van der Waals surface area contributed by atoms with Gasteiger partial charge in [-0.15, -0.1) is 0 Å². The van der Waals surface area contributed by atoms with Crippen molar-refractivity contribution < 1.29 is 9.90 Å². The van der Waals surface area contributed by atoms with Crippen LogP contribution in [0.5, 0.6) is 0 Å². The van der Waals surface area contributed by atoms with Gasteiger partial charge in [-0.2, -0.15) is 0 Å². The second-order valence-electron chi connectivity index (χ2n) is 3.98. The van der Waals surface area contributed by atoms with Crippen LogP contribution in [0, 0.1) is 0 Å². The third-order valence-corrected chi connectivity index (χ3v) is 3.57. The molecule has 0 spiro atoms. The van der Waals surface area contributed by atoms with E-state index >= 15 is 0 Å². The topological polar surface area (TPSA) is 63.3 Å². The van der Waals surface area contributed by atoms with Crippen molar-refractivity contribution in [2.24, 2.45) is 5.73 Å². The predicted molar refractivity (Wildman–Crippen MR) is 69.1 cm³/mol. The molecule has 0 aliphatic rings. The summed E-state index contributed by atoms with van der Waals surface area (Å²) < 4.78 is 0. The minimum absolute atomic E-state index is 0.130. The minimum atomic E-state index is -1.09. The number of halogens is 2. The summed E-state index contributed by atoms with van der Waals surface area (Å²) in [6, 6.07) is 4.96. The molecule has 0 heterocycles. The first-order chi connectivity index (χ1) is 7.89. The van der Waals surface area contributed by atoms with E-state index in [1.54, 1.807) is 18.2 Å². The molecule has 0 fully saturated rings. The van der Waals surface area contributed by atoms with Crippen LogP contribution in [0.1, 0.15) is 31.7 Å². The monoisotopic (exact) mass is 275 g/mol. The number of hydrogen-bond acceptors (Lipinski definition) is 2. The highest BCUT2D eigenvalue weighted by atomic mass is 35.5. The van der Waals surface area contributed by atoms with Crippen LogP contribution in [0.25, 0.3) is 0 Å². The summed E-state index contributed by atoms with van der Waals surface area (Å²) in [6.07, 6.45) is 0.875. The van der Waals surface area contributed by atoms with Gasteiger partial charge in [0.2, 0.25) is 5.91 Å². The van der Waals surface area contributed by atoms with Gasteiger partial charge in [0.15, 0.2) is 0 Å². The lowest BCUT2D eigenvalue weighted by molar-refractivity contribution is -0.119. The highest BCUT2D eigenvalue weighted by molar-refractivity contribution is 6.42. The van der Waals surface area contributed by atoms with Crippen molar-refractivity contribution in [2.75, 3.05) is 0 Å². The zero-order valence-corrected chi connectivity index (χ0v) is 11.1. The first-order valence-corrected chi connectivity index (χ1v) is 6.11. The standard InChI is InChI=1S/C12H15Cl2NO2/c1-2-12(17,6-5-11(15)16)8-3-4-9(13)10(14)7-8/h3-4,7,17H,2,5-6H2,1H3,(H2,15,16). The van der Waals surface area contributed by atoms with Crippen molar-refractivity contribution in [3.05, 3.63) is 33.8 Å². The third-order valence-electron chi connectivity index (χ3n) is 2.83. The second-order valence-corrected chi connectivity index (χ2v) is 4.79. The summed E-state index contributed by atoms with van der Waals surface area (Å²) in [5.74, 6) is -0.433. The van der Waals surface area contributed by atoms with Gasteiger partial charge in [0, 0.05) is 6.42 Å². The maximum atomic E-state index is 10.8. The molecule has 0 aliphatic heterocycles. The Morgan fingerprint density at radius 2 is 2.06 bits per heavy atom. The Labute approximate surface area is 111 Å². The van der Waals surface area contributed by atoms with Gasteiger partial charge < -0.3 is 10.8 Å². The minimum Gasteiger partial charge on any atom is -0.385 e. The molecule has 0 saturated carbocycles. The van der Waals surface area contributed by atoms with Crippen LogP contribution in [0.2, 0.25) is 10.0 Å². The summed E-state index contributed by atoms with van der Waals surface area (Å²) in [5, 5.41) is 11.3. The quantitative estimate of drug-likeness (QED) is 0.868. The number of nitrogens with two attached hydrogens (primary N) is 1. The number of carbonyl (C=O) groups is 1. The Kier molecular flexibility index (Phi) is 4.80. The SMILES string of the molecule is CCC(O)(CCC(N)=O)c1ccc(Cl)c(Cl)c1. The van der Waals surface area contributed by atoms with E-state index in [1.807, 2.05) is 6.92 Å². The Balaban J connectivity index is 2.98. The van der Waals surface area contributed by atoms with E-state index in [0.717, 1.165) is 0 Å². The average Bonchev–Trinajstić information content (AvgIpc) is 2.29. The van der Waals surface area contributed by atoms with Gasteiger partial charge in [0.1, 0.15) is 0 Å². The Morgan fingerprint density at radius 3 is 2.53 bits per heavy atom. The molecule has 1 unspecified atom stereocenters. The van der Waals surface area contributed by atoms with E-state index in [9.17, 15) is 9.90 Å². The molecule has 1 rings (SSSR count). The van der Waals surface area contributed by atoms with Crippen molar-refractivity contribution in [3.8, 4) is 0 Å². The van der Waals surface area contributed by atoms with E-state index in [0.29, 0.717) is 22.0 Å². The molecule has 0 aromatic heterocycles. The molecular formula is C12H15Cl2NO2. The molecule has 17 heavy (non-hydrogen) atoms. The molecule has 0 aliphatic carbocycles. The Bertz CT molecular complexity index is 423. The molecule has 1 amide bonds. The number of hydrogen-bond donors (Lipinski definition) is 2. The van der Waals surface area contributed by atoms with Gasteiger partial charge in [-0.25, -0.2) is 0 Å². The van der Waals surface area contributed by atoms with Crippen LogP contribution in [-0.4, -0.2) is 11.0 Å². The van der Waals surface area contributed by atoms with Crippen LogP contribution >= 0.6 is 23.2 Å². The van der Waals surface area contributed by atoms with Crippen LogP contribution in [0.15, 0.2) is 18.2 Å². The van der Waals surface area contributed by atoms with Gasteiger partial charge in [0.25, 0.3) is 0 Å².